The van der Waals surface area contributed by atoms with E-state index in [1.165, 1.54) is 0 Å². The molecule has 1 unspecified atom stereocenters. The van der Waals surface area contributed by atoms with Crippen LogP contribution < -0.4 is 11.1 Å². The summed E-state index contributed by atoms with van der Waals surface area (Å²) in [6.07, 6.45) is 1.17. The molecule has 0 saturated carbocycles. The molecule has 1 aromatic heterocycles. The van der Waals surface area contributed by atoms with Crippen molar-refractivity contribution in [3.8, 4) is 0 Å². The number of nitrogens with zero attached hydrogens (tertiary/aromatic N) is 1. The maximum atomic E-state index is 11.5. The van der Waals surface area contributed by atoms with Crippen molar-refractivity contribution in [3.63, 3.8) is 0 Å². The van der Waals surface area contributed by atoms with Crippen LogP contribution in [0.15, 0.2) is 4.52 Å². The molecule has 0 aliphatic heterocycles. The van der Waals surface area contributed by atoms with Gasteiger partial charge in [-0.1, -0.05) is 5.16 Å². The third-order valence-corrected chi connectivity index (χ3v) is 2.51. The summed E-state index contributed by atoms with van der Waals surface area (Å²) in [6.45, 7) is 6.17. The van der Waals surface area contributed by atoms with Gasteiger partial charge < -0.3 is 15.6 Å². The van der Waals surface area contributed by atoms with Gasteiger partial charge in [-0.05, 0) is 33.7 Å². The minimum atomic E-state index is -0.0727. The fourth-order valence-corrected chi connectivity index (χ4v) is 1.76. The van der Waals surface area contributed by atoms with Crippen molar-refractivity contribution >= 4 is 5.91 Å². The molecule has 1 aromatic rings. The van der Waals surface area contributed by atoms with E-state index in [1.807, 2.05) is 20.8 Å². The van der Waals surface area contributed by atoms with Crippen molar-refractivity contribution in [3.05, 3.63) is 17.0 Å². The van der Waals surface area contributed by atoms with Gasteiger partial charge in [0.2, 0.25) is 5.91 Å². The second-order valence-electron chi connectivity index (χ2n) is 3.92. The molecule has 0 saturated heterocycles. The molecule has 0 radical (unpaired) electrons. The van der Waals surface area contributed by atoms with Crippen LogP contribution in [0.3, 0.4) is 0 Å². The van der Waals surface area contributed by atoms with E-state index in [0.717, 1.165) is 17.0 Å². The summed E-state index contributed by atoms with van der Waals surface area (Å²) in [6, 6.07) is -0.0727. The van der Waals surface area contributed by atoms with Gasteiger partial charge in [-0.25, -0.2) is 0 Å². The number of aromatic nitrogens is 1. The van der Waals surface area contributed by atoms with Crippen molar-refractivity contribution < 1.29 is 9.32 Å². The SMILES string of the molecule is Cc1noc(C)c1C(C)NC(=O)CCCN. The summed E-state index contributed by atoms with van der Waals surface area (Å²) in [4.78, 5) is 11.5. The summed E-state index contributed by atoms with van der Waals surface area (Å²) in [7, 11) is 0. The molecule has 90 valence electrons. The maximum absolute atomic E-state index is 11.5. The number of carbonyl (C=O) groups excluding carboxylic acids is 1. The number of carbonyl (C=O) groups is 1. The van der Waals surface area contributed by atoms with Crippen LogP contribution in [0.25, 0.3) is 0 Å². The molecule has 1 heterocycles. The van der Waals surface area contributed by atoms with E-state index in [1.54, 1.807) is 0 Å². The highest BCUT2D eigenvalue weighted by molar-refractivity contribution is 5.76. The van der Waals surface area contributed by atoms with E-state index in [0.29, 0.717) is 19.4 Å². The van der Waals surface area contributed by atoms with E-state index >= 15 is 0 Å². The Kier molecular flexibility index (Phi) is 4.49. The summed E-state index contributed by atoms with van der Waals surface area (Å²) < 4.78 is 5.06. The first-order valence-corrected chi connectivity index (χ1v) is 5.48. The first kappa shape index (κ1) is 12.7. The van der Waals surface area contributed by atoms with Crippen molar-refractivity contribution in [1.82, 2.24) is 10.5 Å². The van der Waals surface area contributed by atoms with Crippen molar-refractivity contribution in [2.75, 3.05) is 6.54 Å². The highest BCUT2D eigenvalue weighted by Gasteiger charge is 2.17. The Morgan fingerprint density at radius 3 is 2.75 bits per heavy atom. The topological polar surface area (TPSA) is 81.2 Å². The fraction of sp³-hybridized carbons (Fsp3) is 0.636. The zero-order valence-corrected chi connectivity index (χ0v) is 10.0. The Balaban J connectivity index is 2.58. The molecule has 0 aromatic carbocycles. The van der Waals surface area contributed by atoms with Gasteiger partial charge in [0, 0.05) is 12.0 Å². The quantitative estimate of drug-likeness (QED) is 0.789. The highest BCUT2D eigenvalue weighted by atomic mass is 16.5. The number of hydrogen-bond acceptors (Lipinski definition) is 4. The molecular formula is C11H19N3O2. The largest absolute Gasteiger partial charge is 0.361 e. The molecule has 0 fully saturated rings. The molecule has 3 N–H and O–H groups in total. The van der Waals surface area contributed by atoms with E-state index in [-0.39, 0.29) is 11.9 Å². The van der Waals surface area contributed by atoms with Crippen LogP contribution in [0.1, 0.15) is 42.8 Å². The van der Waals surface area contributed by atoms with Crippen LogP contribution in [0.5, 0.6) is 0 Å². The highest BCUT2D eigenvalue weighted by Crippen LogP contribution is 2.20. The Bertz CT molecular complexity index is 341. The number of aryl methyl sites for hydroxylation is 2. The van der Waals surface area contributed by atoms with Crippen LogP contribution in [-0.2, 0) is 4.79 Å². The molecule has 0 spiro atoms. The van der Waals surface area contributed by atoms with E-state index < -0.39 is 0 Å². The number of amides is 1. The first-order valence-electron chi connectivity index (χ1n) is 5.48. The second-order valence-corrected chi connectivity index (χ2v) is 3.92. The third kappa shape index (κ3) is 3.06. The van der Waals surface area contributed by atoms with Gasteiger partial charge in [-0.2, -0.15) is 0 Å². The molecule has 16 heavy (non-hydrogen) atoms. The van der Waals surface area contributed by atoms with Crippen molar-refractivity contribution in [2.45, 2.75) is 39.7 Å². The van der Waals surface area contributed by atoms with Crippen molar-refractivity contribution in [2.24, 2.45) is 5.73 Å². The van der Waals surface area contributed by atoms with Crippen molar-refractivity contribution in [1.29, 1.82) is 0 Å². The Hall–Kier alpha value is -1.36. The lowest BCUT2D eigenvalue weighted by Crippen LogP contribution is -2.27. The van der Waals surface area contributed by atoms with Gasteiger partial charge in [0.05, 0.1) is 11.7 Å². The molecule has 1 atom stereocenters. The smallest absolute Gasteiger partial charge is 0.220 e. The minimum Gasteiger partial charge on any atom is -0.361 e. The molecule has 0 bridgehead atoms. The summed E-state index contributed by atoms with van der Waals surface area (Å²) >= 11 is 0. The maximum Gasteiger partial charge on any atom is 0.220 e. The molecule has 0 aliphatic rings. The zero-order valence-electron chi connectivity index (χ0n) is 10.0. The number of rotatable bonds is 5. The molecule has 0 aliphatic carbocycles. The lowest BCUT2D eigenvalue weighted by Gasteiger charge is -2.13. The fourth-order valence-electron chi connectivity index (χ4n) is 1.76. The number of hydrogen-bond donors (Lipinski definition) is 2. The standard InChI is InChI=1S/C11H19N3O2/c1-7(13-10(15)5-4-6-12)11-8(2)14-16-9(11)3/h7H,4-6,12H2,1-3H3,(H,13,15). The van der Waals surface area contributed by atoms with Gasteiger partial charge in [0.25, 0.3) is 0 Å². The molecular weight excluding hydrogens is 206 g/mol. The predicted molar refractivity (Wildman–Crippen MR) is 60.8 cm³/mol. The van der Waals surface area contributed by atoms with Gasteiger partial charge in [-0.15, -0.1) is 0 Å². The average Bonchev–Trinajstić information content (AvgIpc) is 2.55. The molecule has 5 nitrogen and oxygen atoms in total. The normalized spacial score (nSPS) is 12.5. The minimum absolute atomic E-state index is 0.0120. The summed E-state index contributed by atoms with van der Waals surface area (Å²) in [5, 5.41) is 6.76. The van der Waals surface area contributed by atoms with Crippen LogP contribution in [-0.4, -0.2) is 17.6 Å². The van der Waals surface area contributed by atoms with Crippen LogP contribution in [0, 0.1) is 13.8 Å². The number of nitrogens with two attached hydrogens (primary N) is 1. The first-order chi connectivity index (χ1) is 7.56. The monoisotopic (exact) mass is 225 g/mol. The van der Waals surface area contributed by atoms with Crippen LogP contribution >= 0.6 is 0 Å². The van der Waals surface area contributed by atoms with E-state index in [2.05, 4.69) is 10.5 Å². The van der Waals surface area contributed by atoms with Gasteiger partial charge in [-0.3, -0.25) is 4.79 Å². The summed E-state index contributed by atoms with van der Waals surface area (Å²) in [5.41, 5.74) is 7.13. The third-order valence-electron chi connectivity index (χ3n) is 2.51. The lowest BCUT2D eigenvalue weighted by atomic mass is 10.1. The van der Waals surface area contributed by atoms with Gasteiger partial charge >= 0.3 is 0 Å². The van der Waals surface area contributed by atoms with E-state index in [9.17, 15) is 4.79 Å². The number of nitrogens with one attached hydrogen (secondary N) is 1. The average molecular weight is 225 g/mol. The second kappa shape index (κ2) is 5.65. The molecule has 5 heteroatoms. The Morgan fingerprint density at radius 1 is 1.56 bits per heavy atom. The van der Waals surface area contributed by atoms with Gasteiger partial charge in [0.15, 0.2) is 0 Å². The van der Waals surface area contributed by atoms with Crippen LogP contribution in [0.4, 0.5) is 0 Å². The molecule has 1 amide bonds. The van der Waals surface area contributed by atoms with E-state index in [4.69, 9.17) is 10.3 Å². The zero-order chi connectivity index (χ0) is 12.1. The lowest BCUT2D eigenvalue weighted by molar-refractivity contribution is -0.121. The van der Waals surface area contributed by atoms with Crippen LogP contribution in [0.2, 0.25) is 0 Å². The Morgan fingerprint density at radius 2 is 2.25 bits per heavy atom. The molecule has 1 rings (SSSR count). The predicted octanol–water partition coefficient (Wildman–Crippen LogP) is 1.21. The summed E-state index contributed by atoms with van der Waals surface area (Å²) in [5.74, 6) is 0.766. The van der Waals surface area contributed by atoms with Gasteiger partial charge in [0.1, 0.15) is 5.76 Å². The Labute approximate surface area is 95.4 Å².